The molecule has 1 saturated heterocycles. The van der Waals surface area contributed by atoms with Crippen LogP contribution >= 0.6 is 0 Å². The summed E-state index contributed by atoms with van der Waals surface area (Å²) in [6.07, 6.45) is 3.32. The van der Waals surface area contributed by atoms with Crippen molar-refractivity contribution in [2.75, 3.05) is 25.0 Å². The van der Waals surface area contributed by atoms with Gasteiger partial charge in [-0.3, -0.25) is 9.69 Å². The van der Waals surface area contributed by atoms with Gasteiger partial charge >= 0.3 is 0 Å². The molecular formula is C24H22F2N2O4. The third-order valence-electron chi connectivity index (χ3n) is 6.09. The number of allylic oxidation sites excluding steroid dienone is 1. The van der Waals surface area contributed by atoms with E-state index >= 15 is 0 Å². The van der Waals surface area contributed by atoms with Crippen LogP contribution in [0, 0.1) is 11.6 Å². The summed E-state index contributed by atoms with van der Waals surface area (Å²) in [4.78, 5) is 13.4. The Morgan fingerprint density at radius 2 is 1.97 bits per heavy atom. The number of aliphatic hydroxyl groups excluding tert-OH is 1. The van der Waals surface area contributed by atoms with E-state index in [9.17, 15) is 23.8 Å². The molecule has 1 aliphatic carbocycles. The summed E-state index contributed by atoms with van der Waals surface area (Å²) < 4.78 is 33.1. The van der Waals surface area contributed by atoms with Gasteiger partial charge in [-0.15, -0.1) is 0 Å². The number of aryl methyl sites for hydroxylation is 1. The van der Waals surface area contributed by atoms with Crippen molar-refractivity contribution < 1.29 is 28.5 Å². The number of fused-ring (bicyclic) bond motifs is 2. The third-order valence-corrected chi connectivity index (χ3v) is 6.09. The van der Waals surface area contributed by atoms with Crippen LogP contribution in [0.1, 0.15) is 23.7 Å². The van der Waals surface area contributed by atoms with Gasteiger partial charge in [-0.2, -0.15) is 0 Å². The number of carbonyl (C=O) groups is 1. The molecule has 2 aromatic carbocycles. The van der Waals surface area contributed by atoms with Crippen LogP contribution in [0.15, 0.2) is 59.9 Å². The standard InChI is InChI=1S/C24H22F2N2O4/c25-18-2-1-3-19(26)23(18)32-17-9-16-11-28(13-24(16,31)10-17)12-21(29)15-4-6-20-14(8-15)5-7-22(30)27-20/h1-4,6,8-10,21,29,31H,5,7,11-13H2,(H,27,30)/t21-,24-/m1/s1. The molecular weight excluding hydrogens is 418 g/mol. The largest absolute Gasteiger partial charge is 0.451 e. The number of likely N-dealkylation sites (tertiary alicyclic amines) is 1. The van der Waals surface area contributed by atoms with Crippen molar-refractivity contribution in [2.24, 2.45) is 0 Å². The Balaban J connectivity index is 1.25. The number of hydrogen-bond acceptors (Lipinski definition) is 5. The van der Waals surface area contributed by atoms with Crippen molar-refractivity contribution in [3.05, 3.63) is 82.6 Å². The zero-order chi connectivity index (χ0) is 22.5. The van der Waals surface area contributed by atoms with Crippen LogP contribution in [0.4, 0.5) is 14.5 Å². The van der Waals surface area contributed by atoms with Gasteiger partial charge in [0.2, 0.25) is 5.91 Å². The van der Waals surface area contributed by atoms with Gasteiger partial charge in [0, 0.05) is 31.7 Å². The molecule has 32 heavy (non-hydrogen) atoms. The molecule has 0 saturated carbocycles. The Morgan fingerprint density at radius 1 is 1.19 bits per heavy atom. The first-order valence-electron chi connectivity index (χ1n) is 10.4. The first-order chi connectivity index (χ1) is 15.3. The van der Waals surface area contributed by atoms with Crippen molar-refractivity contribution in [3.63, 3.8) is 0 Å². The molecule has 2 atom stereocenters. The van der Waals surface area contributed by atoms with E-state index in [2.05, 4.69) is 5.32 Å². The maximum Gasteiger partial charge on any atom is 0.224 e. The van der Waals surface area contributed by atoms with E-state index < -0.39 is 29.1 Å². The fourth-order valence-corrected chi connectivity index (χ4v) is 4.48. The van der Waals surface area contributed by atoms with E-state index in [-0.39, 0.29) is 18.2 Å². The van der Waals surface area contributed by atoms with Gasteiger partial charge < -0.3 is 20.3 Å². The van der Waals surface area contributed by atoms with Crippen molar-refractivity contribution >= 4 is 11.6 Å². The number of anilines is 1. The Bertz CT molecular complexity index is 1140. The van der Waals surface area contributed by atoms with Gasteiger partial charge in [-0.1, -0.05) is 18.2 Å². The third kappa shape index (κ3) is 3.81. The normalized spacial score (nSPS) is 23.2. The van der Waals surface area contributed by atoms with E-state index in [0.717, 1.165) is 28.9 Å². The number of amides is 1. The lowest BCUT2D eigenvalue weighted by Crippen LogP contribution is -2.33. The highest BCUT2D eigenvalue weighted by Crippen LogP contribution is 2.38. The van der Waals surface area contributed by atoms with Crippen LogP contribution in [-0.4, -0.2) is 46.3 Å². The number of nitrogens with zero attached hydrogens (tertiary/aromatic N) is 1. The van der Waals surface area contributed by atoms with E-state index in [1.165, 1.54) is 12.1 Å². The maximum atomic E-state index is 13.8. The first kappa shape index (κ1) is 20.8. The molecule has 3 aliphatic rings. The SMILES string of the molecule is O=C1CCc2cc([C@H](O)CN3CC4=CC(Oc5c(F)cccc5F)=C[C@@]4(O)C3)ccc2N1. The molecule has 0 aromatic heterocycles. The highest BCUT2D eigenvalue weighted by atomic mass is 19.1. The molecule has 2 aromatic rings. The molecule has 0 bridgehead atoms. The molecule has 2 aliphatic heterocycles. The molecule has 0 spiro atoms. The van der Waals surface area contributed by atoms with Crippen LogP contribution in [0.25, 0.3) is 0 Å². The number of aliphatic hydroxyl groups is 2. The second kappa shape index (κ2) is 7.81. The predicted molar refractivity (Wildman–Crippen MR) is 113 cm³/mol. The fraction of sp³-hybridized carbons (Fsp3) is 0.292. The molecule has 0 radical (unpaired) electrons. The molecule has 1 fully saturated rings. The van der Waals surface area contributed by atoms with Crippen LogP contribution < -0.4 is 10.1 Å². The summed E-state index contributed by atoms with van der Waals surface area (Å²) in [5, 5.41) is 24.5. The summed E-state index contributed by atoms with van der Waals surface area (Å²) in [5.41, 5.74) is 1.84. The summed E-state index contributed by atoms with van der Waals surface area (Å²) in [6, 6.07) is 8.95. The fourth-order valence-electron chi connectivity index (χ4n) is 4.48. The molecule has 8 heteroatoms. The average molecular weight is 440 g/mol. The Hall–Kier alpha value is -3.07. The van der Waals surface area contributed by atoms with Crippen LogP contribution in [0.3, 0.4) is 0 Å². The van der Waals surface area contributed by atoms with Gasteiger partial charge in [0.1, 0.15) is 11.4 Å². The quantitative estimate of drug-likeness (QED) is 0.666. The maximum absolute atomic E-state index is 13.8. The van der Waals surface area contributed by atoms with Gasteiger partial charge in [0.25, 0.3) is 0 Å². The Labute approximate surface area is 183 Å². The van der Waals surface area contributed by atoms with Crippen LogP contribution in [0.2, 0.25) is 0 Å². The van der Waals surface area contributed by atoms with Crippen LogP contribution in [-0.2, 0) is 11.2 Å². The van der Waals surface area contributed by atoms with Crippen molar-refractivity contribution in [3.8, 4) is 5.75 Å². The summed E-state index contributed by atoms with van der Waals surface area (Å²) >= 11 is 0. The number of nitrogens with one attached hydrogen (secondary N) is 1. The van der Waals surface area contributed by atoms with E-state index in [0.29, 0.717) is 31.5 Å². The van der Waals surface area contributed by atoms with Gasteiger partial charge in [0.05, 0.1) is 6.10 Å². The van der Waals surface area contributed by atoms with E-state index in [1.807, 2.05) is 11.0 Å². The Morgan fingerprint density at radius 3 is 2.72 bits per heavy atom. The molecule has 1 amide bonds. The zero-order valence-electron chi connectivity index (χ0n) is 17.1. The minimum Gasteiger partial charge on any atom is -0.451 e. The number of β-amino-alcohol motifs (C(OH)–C–C–N with tert-alkyl or cyclic N) is 2. The van der Waals surface area contributed by atoms with Gasteiger partial charge in [-0.25, -0.2) is 8.78 Å². The molecule has 3 N–H and O–H groups in total. The minimum atomic E-state index is -1.31. The number of ether oxygens (including phenoxy) is 1. The van der Waals surface area contributed by atoms with Gasteiger partial charge in [0.15, 0.2) is 17.4 Å². The lowest BCUT2D eigenvalue weighted by molar-refractivity contribution is -0.116. The van der Waals surface area contributed by atoms with E-state index in [1.54, 1.807) is 18.2 Å². The molecule has 5 rings (SSSR count). The highest BCUT2D eigenvalue weighted by molar-refractivity contribution is 5.93. The Kier molecular flexibility index (Phi) is 5.08. The molecule has 166 valence electrons. The first-order valence-corrected chi connectivity index (χ1v) is 10.4. The zero-order valence-corrected chi connectivity index (χ0v) is 17.1. The average Bonchev–Trinajstić information content (AvgIpc) is 3.20. The van der Waals surface area contributed by atoms with Crippen molar-refractivity contribution in [1.29, 1.82) is 0 Å². The number of hydrogen-bond donors (Lipinski definition) is 3. The lowest BCUT2D eigenvalue weighted by atomic mass is 9.98. The second-order valence-electron chi connectivity index (χ2n) is 8.44. The molecule has 0 unspecified atom stereocenters. The monoisotopic (exact) mass is 440 g/mol. The number of para-hydroxylation sites is 1. The second-order valence-corrected chi connectivity index (χ2v) is 8.44. The smallest absolute Gasteiger partial charge is 0.224 e. The summed E-state index contributed by atoms with van der Waals surface area (Å²) in [5.74, 6) is -1.96. The predicted octanol–water partition coefficient (Wildman–Crippen LogP) is 2.83. The molecule has 2 heterocycles. The minimum absolute atomic E-state index is 0.00920. The topological polar surface area (TPSA) is 82.0 Å². The van der Waals surface area contributed by atoms with Crippen molar-refractivity contribution in [1.82, 2.24) is 4.90 Å². The number of carbonyl (C=O) groups excluding carboxylic acids is 1. The lowest BCUT2D eigenvalue weighted by Gasteiger charge is -2.23. The number of benzene rings is 2. The number of rotatable bonds is 5. The number of halogens is 2. The summed E-state index contributed by atoms with van der Waals surface area (Å²) in [6.45, 7) is 0.915. The van der Waals surface area contributed by atoms with Gasteiger partial charge in [-0.05, 0) is 53.5 Å². The van der Waals surface area contributed by atoms with Crippen LogP contribution in [0.5, 0.6) is 5.75 Å². The van der Waals surface area contributed by atoms with E-state index in [4.69, 9.17) is 4.74 Å². The van der Waals surface area contributed by atoms with Crippen molar-refractivity contribution in [2.45, 2.75) is 24.5 Å². The molecule has 6 nitrogen and oxygen atoms in total. The highest BCUT2D eigenvalue weighted by Gasteiger charge is 2.43. The summed E-state index contributed by atoms with van der Waals surface area (Å²) in [7, 11) is 0.